The summed E-state index contributed by atoms with van der Waals surface area (Å²) in [6.45, 7) is 18.8. The number of nitrogens with zero attached hydrogens (tertiary/aromatic N) is 2. The summed E-state index contributed by atoms with van der Waals surface area (Å²) in [7, 11) is 0. The summed E-state index contributed by atoms with van der Waals surface area (Å²) in [4.78, 5) is 35.0. The van der Waals surface area contributed by atoms with E-state index in [0.29, 0.717) is 23.0 Å². The molecule has 4 aromatic carbocycles. The summed E-state index contributed by atoms with van der Waals surface area (Å²) in [6.07, 6.45) is 27.9. The highest BCUT2D eigenvalue weighted by Crippen LogP contribution is 2.57. The Morgan fingerprint density at radius 2 is 0.756 bits per heavy atom. The van der Waals surface area contributed by atoms with Gasteiger partial charge >= 0.3 is 11.9 Å². The normalized spacial score (nSPS) is 14.8. The molecule has 4 aromatic heterocycles. The number of unbranched alkanes of at least 4 members (excludes halogenated alkanes) is 16. The number of esters is 2. The van der Waals surface area contributed by atoms with Crippen molar-refractivity contribution in [1.82, 2.24) is 0 Å². The van der Waals surface area contributed by atoms with Crippen molar-refractivity contribution in [2.45, 2.75) is 232 Å². The Morgan fingerprint density at radius 1 is 0.422 bits per heavy atom. The van der Waals surface area contributed by atoms with Gasteiger partial charge < -0.3 is 9.47 Å². The van der Waals surface area contributed by atoms with Crippen molar-refractivity contribution < 1.29 is 19.1 Å². The second-order valence-electron chi connectivity index (χ2n) is 27.1. The monoisotopic (exact) mass is 1280 g/mol. The molecular formula is C80H96N2O4S4. The van der Waals surface area contributed by atoms with Crippen LogP contribution in [0.2, 0.25) is 0 Å². The van der Waals surface area contributed by atoms with E-state index >= 15 is 0 Å². The molecular weight excluding hydrogens is 1180 g/mol. The topological polar surface area (TPSA) is 100 Å². The molecule has 474 valence electrons. The van der Waals surface area contributed by atoms with E-state index in [2.05, 4.69) is 165 Å². The summed E-state index contributed by atoms with van der Waals surface area (Å²) in [5, 5.41) is 24.4. The lowest BCUT2D eigenvalue weighted by atomic mass is 9.82. The molecule has 0 saturated carbocycles. The van der Waals surface area contributed by atoms with E-state index < -0.39 is 23.8 Å². The standard InChI is InChI=1S/C80H96N2O4S4/c1-9-13-17-21-23-27-35-53(33-25-19-15-11-3)51-85-77(83)63(49-81)71-61-47-69(55-41-43-59-57-37-29-31-39-65(57)79(5,6)67(59)45-55)87-73(61)75(89-71)76-74-62(48-70(88-74)56-42-44-60-58-38-30-32-40-66(58)80(7,8)68(60)46-56)72(90-76)64(50-82)78(84)86-52-54(34-26-20-16-12-4)36-28-24-22-18-14-10-2/h29-32,37-48,53-54,63-64H,9-28,33-36,51-52H2,1-8H3. The van der Waals surface area contributed by atoms with Crippen LogP contribution in [0.25, 0.3) is 73.1 Å². The van der Waals surface area contributed by atoms with Crippen LogP contribution in [-0.2, 0) is 29.9 Å². The lowest BCUT2D eigenvalue weighted by molar-refractivity contribution is -0.146. The zero-order valence-corrected chi connectivity index (χ0v) is 58.4. The molecule has 4 unspecified atom stereocenters. The first-order valence-electron chi connectivity index (χ1n) is 34.5. The molecule has 10 rings (SSSR count). The van der Waals surface area contributed by atoms with Gasteiger partial charge in [0.15, 0.2) is 11.8 Å². The molecule has 0 saturated heterocycles. The number of thiophene rings is 4. The maximum Gasteiger partial charge on any atom is 0.328 e. The quantitative estimate of drug-likeness (QED) is 0.0290. The van der Waals surface area contributed by atoms with Crippen molar-refractivity contribution in [3.05, 3.63) is 129 Å². The van der Waals surface area contributed by atoms with E-state index in [9.17, 15) is 20.1 Å². The van der Waals surface area contributed by atoms with E-state index in [-0.39, 0.29) is 22.7 Å². The smallest absolute Gasteiger partial charge is 0.328 e. The summed E-state index contributed by atoms with van der Waals surface area (Å²) >= 11 is 6.39. The van der Waals surface area contributed by atoms with Gasteiger partial charge in [-0.1, -0.05) is 257 Å². The first-order valence-corrected chi connectivity index (χ1v) is 37.8. The Kier molecular flexibility index (Phi) is 23.2. The Labute approximate surface area is 554 Å². The van der Waals surface area contributed by atoms with Gasteiger partial charge in [-0.05, 0) is 117 Å². The molecule has 4 heterocycles. The van der Waals surface area contributed by atoms with Crippen molar-refractivity contribution in [2.24, 2.45) is 11.8 Å². The van der Waals surface area contributed by atoms with Gasteiger partial charge in [-0.15, -0.1) is 45.3 Å². The number of fused-ring (bicyclic) bond motifs is 8. The van der Waals surface area contributed by atoms with Gasteiger partial charge in [0.05, 0.1) is 44.5 Å². The number of benzene rings is 4. The lowest BCUT2D eigenvalue weighted by Gasteiger charge is -2.21. The lowest BCUT2D eigenvalue weighted by Crippen LogP contribution is -2.19. The Bertz CT molecular complexity index is 3590. The number of carbonyl (C=O) groups is 2. The highest BCUT2D eigenvalue weighted by atomic mass is 32.1. The third kappa shape index (κ3) is 14.6. The van der Waals surface area contributed by atoms with Gasteiger partial charge in [0.1, 0.15) is 0 Å². The zero-order chi connectivity index (χ0) is 63.4. The predicted molar refractivity (Wildman–Crippen MR) is 384 cm³/mol. The minimum Gasteiger partial charge on any atom is -0.464 e. The number of ether oxygens (including phenoxy) is 2. The molecule has 0 radical (unpaired) electrons. The van der Waals surface area contributed by atoms with E-state index in [1.165, 1.54) is 170 Å². The molecule has 0 N–H and O–H groups in total. The van der Waals surface area contributed by atoms with Gasteiger partial charge in [-0.25, -0.2) is 0 Å². The molecule has 4 atom stereocenters. The van der Waals surface area contributed by atoms with Gasteiger partial charge in [-0.2, -0.15) is 10.5 Å². The molecule has 0 bridgehead atoms. The van der Waals surface area contributed by atoms with Crippen LogP contribution in [0.3, 0.4) is 0 Å². The summed E-state index contributed by atoms with van der Waals surface area (Å²) in [5.41, 5.74) is 12.0. The Balaban J connectivity index is 1.06. The first kappa shape index (κ1) is 67.0. The first-order chi connectivity index (χ1) is 43.8. The van der Waals surface area contributed by atoms with Gasteiger partial charge in [-0.3, -0.25) is 9.59 Å². The van der Waals surface area contributed by atoms with Gasteiger partial charge in [0.25, 0.3) is 0 Å². The van der Waals surface area contributed by atoms with Gasteiger partial charge in [0, 0.05) is 41.1 Å². The SMILES string of the molecule is CCCCCCCCC(CCCCCC)COC(=O)C(C#N)c1sc(-c2sc(C(C#N)C(=O)OCC(CCCCCC)CCCCCCCC)c3cc(-c4ccc5c(c4)C(C)(C)c4ccccc4-5)sc23)c2sc(-c3ccc4c(c3)C(C)(C)c3ccccc3-4)cc12. The van der Waals surface area contributed by atoms with Crippen LogP contribution in [0.4, 0.5) is 0 Å². The molecule has 90 heavy (non-hydrogen) atoms. The minimum absolute atomic E-state index is 0.207. The Hall–Kier alpha value is -5.88. The van der Waals surface area contributed by atoms with E-state index in [4.69, 9.17) is 9.47 Å². The van der Waals surface area contributed by atoms with Crippen LogP contribution in [0.15, 0.2) is 97.1 Å². The molecule has 0 aliphatic heterocycles. The fourth-order valence-electron chi connectivity index (χ4n) is 14.4. The third-order valence-corrected chi connectivity index (χ3v) is 25.2. The maximum atomic E-state index is 14.8. The molecule has 2 aliphatic rings. The number of carbonyl (C=O) groups excluding carboxylic acids is 2. The molecule has 10 heteroatoms. The number of nitriles is 2. The van der Waals surface area contributed by atoms with Crippen LogP contribution in [-0.4, -0.2) is 25.2 Å². The van der Waals surface area contributed by atoms with Crippen molar-refractivity contribution in [1.29, 1.82) is 10.5 Å². The Morgan fingerprint density at radius 3 is 1.12 bits per heavy atom. The van der Waals surface area contributed by atoms with E-state index in [1.807, 2.05) is 0 Å². The highest BCUT2D eigenvalue weighted by Gasteiger charge is 2.39. The van der Waals surface area contributed by atoms with Crippen molar-refractivity contribution in [3.8, 4) is 65.0 Å². The number of hydrogen-bond donors (Lipinski definition) is 0. The fourth-order valence-corrected chi connectivity index (χ4v) is 20.0. The summed E-state index contributed by atoms with van der Waals surface area (Å²) in [6, 6.07) is 40.5. The minimum atomic E-state index is -1.15. The molecule has 8 aromatic rings. The second kappa shape index (κ2) is 31.2. The average Bonchev–Trinajstić information content (AvgIpc) is 1.60. The van der Waals surface area contributed by atoms with Crippen molar-refractivity contribution in [2.75, 3.05) is 13.2 Å². The number of hydrogen-bond acceptors (Lipinski definition) is 10. The molecule has 0 fully saturated rings. The van der Waals surface area contributed by atoms with Crippen LogP contribution >= 0.6 is 45.3 Å². The second-order valence-corrected chi connectivity index (χ2v) is 31.3. The number of rotatable bonds is 35. The molecule has 0 spiro atoms. The van der Waals surface area contributed by atoms with Crippen LogP contribution in [0.5, 0.6) is 0 Å². The predicted octanol–water partition coefficient (Wildman–Crippen LogP) is 24.8. The maximum absolute atomic E-state index is 14.8. The highest BCUT2D eigenvalue weighted by molar-refractivity contribution is 7.33. The fraction of sp³-hybridized carbons (Fsp3) is 0.500. The zero-order valence-electron chi connectivity index (χ0n) is 55.1. The van der Waals surface area contributed by atoms with Crippen molar-refractivity contribution in [3.63, 3.8) is 0 Å². The van der Waals surface area contributed by atoms with Crippen molar-refractivity contribution >= 4 is 77.5 Å². The molecule has 0 amide bonds. The third-order valence-electron chi connectivity index (χ3n) is 19.8. The van der Waals surface area contributed by atoms with E-state index in [1.54, 1.807) is 22.7 Å². The van der Waals surface area contributed by atoms with Crippen LogP contribution in [0, 0.1) is 34.5 Å². The molecule has 6 nitrogen and oxygen atoms in total. The molecule has 2 aliphatic carbocycles. The average molecular weight is 1280 g/mol. The van der Waals surface area contributed by atoms with E-state index in [0.717, 1.165) is 102 Å². The summed E-state index contributed by atoms with van der Waals surface area (Å²) < 4.78 is 14.7. The van der Waals surface area contributed by atoms with Gasteiger partial charge in [0.2, 0.25) is 0 Å². The van der Waals surface area contributed by atoms with Crippen LogP contribution < -0.4 is 0 Å². The van der Waals surface area contributed by atoms with Crippen LogP contribution in [0.1, 0.15) is 253 Å². The largest absolute Gasteiger partial charge is 0.464 e. The summed E-state index contributed by atoms with van der Waals surface area (Å²) in [5.74, 6) is -2.82.